The second-order valence-electron chi connectivity index (χ2n) is 3.51. The summed E-state index contributed by atoms with van der Waals surface area (Å²) in [6.07, 6.45) is 2.99. The van der Waals surface area contributed by atoms with Crippen molar-refractivity contribution in [2.24, 2.45) is 5.90 Å². The Morgan fingerprint density at radius 3 is 2.71 bits per heavy atom. The van der Waals surface area contributed by atoms with Gasteiger partial charge in [0.25, 0.3) is 0 Å². The summed E-state index contributed by atoms with van der Waals surface area (Å²) in [5, 5.41) is 0. The molecule has 0 spiro atoms. The first-order chi connectivity index (χ1) is 8.35. The number of nitrogens with zero attached hydrogens (tertiary/aromatic N) is 2. The van der Waals surface area contributed by atoms with Crippen molar-refractivity contribution in [3.63, 3.8) is 0 Å². The zero-order valence-corrected chi connectivity index (χ0v) is 9.08. The Morgan fingerprint density at radius 1 is 1.24 bits per heavy atom. The van der Waals surface area contributed by atoms with Crippen LogP contribution in [0, 0.1) is 6.57 Å². The fraction of sp³-hybridized carbons (Fsp3) is 0.0769. The average Bonchev–Trinajstić information content (AvgIpc) is 2.41. The smallest absolute Gasteiger partial charge is 0.187 e. The van der Waals surface area contributed by atoms with Crippen LogP contribution in [0.3, 0.4) is 0 Å². The molecule has 1 aromatic heterocycles. The van der Waals surface area contributed by atoms with Gasteiger partial charge >= 0.3 is 0 Å². The van der Waals surface area contributed by atoms with Crippen molar-refractivity contribution in [2.75, 3.05) is 0 Å². The van der Waals surface area contributed by atoms with Crippen LogP contribution in [-0.2, 0) is 4.84 Å². The third-order valence-electron chi connectivity index (χ3n) is 2.43. The van der Waals surface area contributed by atoms with Crippen LogP contribution in [0.25, 0.3) is 4.85 Å². The fourth-order valence-electron chi connectivity index (χ4n) is 1.64. The minimum absolute atomic E-state index is 0.398. The maximum absolute atomic E-state index is 6.98. The van der Waals surface area contributed by atoms with Crippen molar-refractivity contribution in [1.29, 1.82) is 0 Å². The van der Waals surface area contributed by atoms with Gasteiger partial charge in [-0.15, -0.1) is 0 Å². The summed E-state index contributed by atoms with van der Waals surface area (Å²) in [4.78, 5) is 12.4. The van der Waals surface area contributed by atoms with E-state index in [-0.39, 0.29) is 0 Å². The van der Waals surface area contributed by atoms with Gasteiger partial charge in [0, 0.05) is 18.0 Å². The van der Waals surface area contributed by atoms with Gasteiger partial charge in [0.15, 0.2) is 5.69 Å². The summed E-state index contributed by atoms with van der Waals surface area (Å²) in [6.45, 7) is 6.98. The zero-order chi connectivity index (χ0) is 12.1. The van der Waals surface area contributed by atoms with Gasteiger partial charge in [0.1, 0.15) is 6.10 Å². The van der Waals surface area contributed by atoms with Crippen molar-refractivity contribution >= 4 is 5.69 Å². The third-order valence-corrected chi connectivity index (χ3v) is 2.43. The molecule has 0 aliphatic heterocycles. The highest BCUT2D eigenvalue weighted by Gasteiger charge is 2.14. The van der Waals surface area contributed by atoms with Gasteiger partial charge in [-0.2, -0.15) is 0 Å². The highest BCUT2D eigenvalue weighted by atomic mass is 16.6. The fourth-order valence-corrected chi connectivity index (χ4v) is 1.64. The largest absolute Gasteiger partial charge is 0.292 e. The zero-order valence-electron chi connectivity index (χ0n) is 9.08. The first-order valence-corrected chi connectivity index (χ1v) is 5.08. The van der Waals surface area contributed by atoms with Crippen molar-refractivity contribution < 1.29 is 4.84 Å². The molecule has 0 amide bonds. The van der Waals surface area contributed by atoms with Gasteiger partial charge in [-0.05, 0) is 11.6 Å². The summed E-state index contributed by atoms with van der Waals surface area (Å²) in [6, 6.07) is 10.9. The van der Waals surface area contributed by atoms with E-state index in [1.54, 1.807) is 24.5 Å². The van der Waals surface area contributed by atoms with Crippen LogP contribution in [0.1, 0.15) is 17.2 Å². The molecule has 0 aliphatic carbocycles. The Labute approximate surface area is 99.4 Å². The summed E-state index contributed by atoms with van der Waals surface area (Å²) in [5.74, 6) is 5.32. The number of benzene rings is 1. The van der Waals surface area contributed by atoms with E-state index in [1.165, 1.54) is 0 Å². The maximum atomic E-state index is 6.98. The molecule has 1 heterocycles. The molecule has 2 rings (SSSR count). The number of aromatic nitrogens is 1. The Balaban J connectivity index is 2.39. The number of rotatable bonds is 3. The van der Waals surface area contributed by atoms with Gasteiger partial charge in [0.2, 0.25) is 0 Å². The highest BCUT2D eigenvalue weighted by molar-refractivity contribution is 5.48. The van der Waals surface area contributed by atoms with Gasteiger partial charge in [0.05, 0.1) is 6.57 Å². The van der Waals surface area contributed by atoms with Crippen LogP contribution in [-0.4, -0.2) is 4.98 Å². The second-order valence-corrected chi connectivity index (χ2v) is 3.51. The quantitative estimate of drug-likeness (QED) is 0.645. The Bertz CT molecular complexity index is 534. The lowest BCUT2D eigenvalue weighted by Gasteiger charge is -2.15. The first-order valence-electron chi connectivity index (χ1n) is 5.08. The molecule has 0 aliphatic rings. The predicted molar refractivity (Wildman–Crippen MR) is 64.1 cm³/mol. The van der Waals surface area contributed by atoms with Crippen LogP contribution < -0.4 is 5.90 Å². The molecule has 1 atom stereocenters. The van der Waals surface area contributed by atoms with E-state index >= 15 is 0 Å². The molecule has 2 N–H and O–H groups in total. The molecule has 2 aromatic rings. The molecule has 17 heavy (non-hydrogen) atoms. The van der Waals surface area contributed by atoms with Crippen molar-refractivity contribution in [3.05, 3.63) is 71.3 Å². The minimum atomic E-state index is -0.398. The number of pyridine rings is 1. The Hall–Kier alpha value is -2.22. The first kappa shape index (κ1) is 11.3. The monoisotopic (exact) mass is 225 g/mol. The van der Waals surface area contributed by atoms with E-state index in [1.807, 2.05) is 24.3 Å². The molecule has 4 nitrogen and oxygen atoms in total. The van der Waals surface area contributed by atoms with Crippen molar-refractivity contribution in [1.82, 2.24) is 4.98 Å². The van der Waals surface area contributed by atoms with E-state index in [9.17, 15) is 0 Å². The van der Waals surface area contributed by atoms with Gasteiger partial charge < -0.3 is 0 Å². The second kappa shape index (κ2) is 5.21. The van der Waals surface area contributed by atoms with Crippen molar-refractivity contribution in [3.8, 4) is 0 Å². The molecule has 0 saturated carbocycles. The normalized spacial score (nSPS) is 11.8. The topological polar surface area (TPSA) is 52.5 Å². The van der Waals surface area contributed by atoms with Crippen LogP contribution >= 0.6 is 0 Å². The maximum Gasteiger partial charge on any atom is 0.187 e. The molecule has 1 aromatic carbocycles. The van der Waals surface area contributed by atoms with E-state index in [4.69, 9.17) is 17.3 Å². The standard InChI is InChI=1S/C13H11N3O/c1-15-12-6-2-4-10(8-12)13(17-14)11-5-3-7-16-9-11/h2-9,13H,14H2. The van der Waals surface area contributed by atoms with E-state index < -0.39 is 6.10 Å². The predicted octanol–water partition coefficient (Wildman–Crippen LogP) is 2.61. The lowest BCUT2D eigenvalue weighted by Crippen LogP contribution is -2.10. The molecule has 84 valence electrons. The lowest BCUT2D eigenvalue weighted by molar-refractivity contribution is 0.0811. The van der Waals surface area contributed by atoms with Crippen LogP contribution in [0.15, 0.2) is 48.8 Å². The summed E-state index contributed by atoms with van der Waals surface area (Å²) in [7, 11) is 0. The average molecular weight is 225 g/mol. The Kier molecular flexibility index (Phi) is 3.46. The number of nitrogens with two attached hydrogens (primary N) is 1. The highest BCUT2D eigenvalue weighted by Crippen LogP contribution is 2.26. The lowest BCUT2D eigenvalue weighted by atomic mass is 10.0. The molecule has 0 saturated heterocycles. The summed E-state index contributed by atoms with van der Waals surface area (Å²) in [5.41, 5.74) is 2.26. The van der Waals surface area contributed by atoms with Crippen LogP contribution in [0.5, 0.6) is 0 Å². The SMILES string of the molecule is [C-]#[N+]c1cccc(C(ON)c2cccnc2)c1. The van der Waals surface area contributed by atoms with Gasteiger partial charge in [-0.25, -0.2) is 10.7 Å². The van der Waals surface area contributed by atoms with E-state index in [0.29, 0.717) is 5.69 Å². The van der Waals surface area contributed by atoms with Crippen LogP contribution in [0.4, 0.5) is 5.69 Å². The third kappa shape index (κ3) is 2.48. The summed E-state index contributed by atoms with van der Waals surface area (Å²) < 4.78 is 0. The molecular weight excluding hydrogens is 214 g/mol. The molecule has 1 unspecified atom stereocenters. The molecule has 0 radical (unpaired) electrons. The number of hydrogen-bond acceptors (Lipinski definition) is 3. The van der Waals surface area contributed by atoms with E-state index in [2.05, 4.69) is 9.83 Å². The molecule has 0 bridgehead atoms. The van der Waals surface area contributed by atoms with Crippen LogP contribution in [0.2, 0.25) is 0 Å². The van der Waals surface area contributed by atoms with Gasteiger partial charge in [-0.1, -0.05) is 30.3 Å². The summed E-state index contributed by atoms with van der Waals surface area (Å²) >= 11 is 0. The minimum Gasteiger partial charge on any atom is -0.292 e. The molecular formula is C13H11N3O. The van der Waals surface area contributed by atoms with Gasteiger partial charge in [-0.3, -0.25) is 9.82 Å². The van der Waals surface area contributed by atoms with E-state index in [0.717, 1.165) is 11.1 Å². The number of hydrogen-bond donors (Lipinski definition) is 1. The Morgan fingerprint density at radius 2 is 2.06 bits per heavy atom. The van der Waals surface area contributed by atoms with Crippen molar-refractivity contribution in [2.45, 2.75) is 6.10 Å². The molecule has 4 heteroatoms. The molecule has 0 fully saturated rings.